The second kappa shape index (κ2) is 10.3. The van der Waals surface area contributed by atoms with Gasteiger partial charge in [0.25, 0.3) is 5.91 Å². The number of hydrogen-bond donors (Lipinski definition) is 0. The lowest BCUT2D eigenvalue weighted by Gasteiger charge is -2.30. The standard InChI is InChI=1S/C24H36N2O5S/c1-5-31-23(27)10-11-25(16-20-6-7-20)24(28)21-14-18(3)19(4)22(15-21)32(29,30)26-12-8-17(2)9-13-26/h14-15,17,20H,5-13,16H2,1-4H3. The Morgan fingerprint density at radius 3 is 2.38 bits per heavy atom. The van der Waals surface area contributed by atoms with Gasteiger partial charge < -0.3 is 9.64 Å². The number of aryl methyl sites for hydroxylation is 1. The number of esters is 1. The summed E-state index contributed by atoms with van der Waals surface area (Å²) >= 11 is 0. The van der Waals surface area contributed by atoms with Crippen LogP contribution in [0.1, 0.15) is 67.4 Å². The van der Waals surface area contributed by atoms with E-state index in [1.807, 2.05) is 6.92 Å². The van der Waals surface area contributed by atoms with Crippen LogP contribution in [0, 0.1) is 25.7 Å². The lowest BCUT2D eigenvalue weighted by Crippen LogP contribution is -2.38. The first kappa shape index (κ1) is 24.7. The van der Waals surface area contributed by atoms with E-state index < -0.39 is 10.0 Å². The summed E-state index contributed by atoms with van der Waals surface area (Å²) in [5, 5.41) is 0. The van der Waals surface area contributed by atoms with Gasteiger partial charge in [-0.2, -0.15) is 4.31 Å². The van der Waals surface area contributed by atoms with Crippen molar-refractivity contribution in [3.05, 3.63) is 28.8 Å². The molecule has 8 heteroatoms. The number of ether oxygens (including phenoxy) is 1. The summed E-state index contributed by atoms with van der Waals surface area (Å²) in [5.74, 6) is 0.413. The maximum absolute atomic E-state index is 13.4. The summed E-state index contributed by atoms with van der Waals surface area (Å²) in [4.78, 5) is 27.1. The monoisotopic (exact) mass is 464 g/mol. The molecule has 1 aliphatic carbocycles. The van der Waals surface area contributed by atoms with Crippen LogP contribution < -0.4 is 0 Å². The maximum atomic E-state index is 13.4. The molecule has 32 heavy (non-hydrogen) atoms. The van der Waals surface area contributed by atoms with Crippen LogP contribution in [0.5, 0.6) is 0 Å². The molecule has 3 rings (SSSR count). The fourth-order valence-corrected chi connectivity index (χ4v) is 5.91. The largest absolute Gasteiger partial charge is 0.466 e. The quantitative estimate of drug-likeness (QED) is 0.522. The number of nitrogens with zero attached hydrogens (tertiary/aromatic N) is 2. The third-order valence-electron chi connectivity index (χ3n) is 6.58. The first-order chi connectivity index (χ1) is 15.1. The van der Waals surface area contributed by atoms with Crippen molar-refractivity contribution in [2.75, 3.05) is 32.8 Å². The van der Waals surface area contributed by atoms with Crippen molar-refractivity contribution >= 4 is 21.9 Å². The van der Waals surface area contributed by atoms with E-state index in [-0.39, 0.29) is 29.7 Å². The topological polar surface area (TPSA) is 84.0 Å². The van der Waals surface area contributed by atoms with Crippen molar-refractivity contribution in [1.82, 2.24) is 9.21 Å². The summed E-state index contributed by atoms with van der Waals surface area (Å²) in [6.45, 7) is 9.71. The van der Waals surface area contributed by atoms with Gasteiger partial charge in [-0.15, -0.1) is 0 Å². The number of piperidine rings is 1. The Balaban J connectivity index is 1.86. The number of benzene rings is 1. The summed E-state index contributed by atoms with van der Waals surface area (Å²) < 4.78 is 33.4. The number of carbonyl (C=O) groups is 2. The highest BCUT2D eigenvalue weighted by Gasteiger charge is 2.32. The van der Waals surface area contributed by atoms with Gasteiger partial charge in [-0.1, -0.05) is 6.92 Å². The SMILES string of the molecule is CCOC(=O)CCN(CC1CC1)C(=O)c1cc(C)c(C)c(S(=O)(=O)N2CCC(C)CC2)c1. The van der Waals surface area contributed by atoms with E-state index in [0.29, 0.717) is 49.2 Å². The van der Waals surface area contributed by atoms with Gasteiger partial charge >= 0.3 is 5.97 Å². The molecule has 7 nitrogen and oxygen atoms in total. The molecule has 178 valence electrons. The van der Waals surface area contributed by atoms with Gasteiger partial charge in [-0.05, 0) is 81.5 Å². The minimum Gasteiger partial charge on any atom is -0.466 e. The van der Waals surface area contributed by atoms with Crippen LogP contribution in [0.3, 0.4) is 0 Å². The molecule has 1 saturated heterocycles. The highest BCUT2D eigenvalue weighted by atomic mass is 32.2. The summed E-state index contributed by atoms with van der Waals surface area (Å²) in [5.41, 5.74) is 1.82. The molecule has 0 radical (unpaired) electrons. The minimum atomic E-state index is -3.68. The Labute approximate surface area is 192 Å². The van der Waals surface area contributed by atoms with Gasteiger partial charge in [0.2, 0.25) is 10.0 Å². The molecule has 1 heterocycles. The van der Waals surface area contributed by atoms with Gasteiger partial charge in [-0.3, -0.25) is 9.59 Å². The van der Waals surface area contributed by atoms with E-state index in [1.165, 1.54) is 6.07 Å². The third-order valence-corrected chi connectivity index (χ3v) is 8.61. The zero-order valence-electron chi connectivity index (χ0n) is 19.7. The molecule has 1 aliphatic heterocycles. The zero-order chi connectivity index (χ0) is 23.5. The highest BCUT2D eigenvalue weighted by molar-refractivity contribution is 7.89. The molecule has 0 N–H and O–H groups in total. The van der Waals surface area contributed by atoms with E-state index in [1.54, 1.807) is 29.1 Å². The molecule has 0 bridgehead atoms. The predicted octanol–water partition coefficient (Wildman–Crippen LogP) is 3.53. The molecule has 2 fully saturated rings. The van der Waals surface area contributed by atoms with Gasteiger partial charge in [0.05, 0.1) is 17.9 Å². The van der Waals surface area contributed by atoms with Crippen LogP contribution in [0.2, 0.25) is 0 Å². The highest BCUT2D eigenvalue weighted by Crippen LogP contribution is 2.31. The lowest BCUT2D eigenvalue weighted by molar-refractivity contribution is -0.143. The van der Waals surface area contributed by atoms with Gasteiger partial charge in [0.15, 0.2) is 0 Å². The first-order valence-corrected chi connectivity index (χ1v) is 13.1. The number of carbonyl (C=O) groups excluding carboxylic acids is 2. The average molecular weight is 465 g/mol. The van der Waals surface area contributed by atoms with Crippen molar-refractivity contribution in [3.63, 3.8) is 0 Å². The van der Waals surface area contributed by atoms with Crippen LogP contribution in [0.4, 0.5) is 0 Å². The zero-order valence-corrected chi connectivity index (χ0v) is 20.5. The summed E-state index contributed by atoms with van der Waals surface area (Å²) in [7, 11) is -3.68. The smallest absolute Gasteiger partial charge is 0.307 e. The minimum absolute atomic E-state index is 0.133. The fourth-order valence-electron chi connectivity index (χ4n) is 4.11. The van der Waals surface area contributed by atoms with Crippen LogP contribution in [-0.2, 0) is 19.6 Å². The van der Waals surface area contributed by atoms with Crippen molar-refractivity contribution in [2.24, 2.45) is 11.8 Å². The number of amides is 1. The van der Waals surface area contributed by atoms with E-state index in [4.69, 9.17) is 4.74 Å². The van der Waals surface area contributed by atoms with Crippen molar-refractivity contribution < 1.29 is 22.7 Å². The molecule has 1 aromatic carbocycles. The van der Waals surface area contributed by atoms with Gasteiger partial charge in [0, 0.05) is 31.7 Å². The molecule has 0 aromatic heterocycles. The molecule has 0 atom stereocenters. The maximum Gasteiger partial charge on any atom is 0.307 e. The fraction of sp³-hybridized carbons (Fsp3) is 0.667. The molecular weight excluding hydrogens is 428 g/mol. The molecule has 1 saturated carbocycles. The Bertz CT molecular complexity index is 947. The second-order valence-electron chi connectivity index (χ2n) is 9.25. The van der Waals surface area contributed by atoms with E-state index >= 15 is 0 Å². The average Bonchev–Trinajstić information content (AvgIpc) is 3.57. The van der Waals surface area contributed by atoms with Crippen molar-refractivity contribution in [2.45, 2.75) is 64.7 Å². The van der Waals surface area contributed by atoms with Gasteiger partial charge in [-0.25, -0.2) is 8.42 Å². The van der Waals surface area contributed by atoms with Crippen molar-refractivity contribution in [3.8, 4) is 0 Å². The third kappa shape index (κ3) is 5.90. The first-order valence-electron chi connectivity index (χ1n) is 11.7. The van der Waals surface area contributed by atoms with E-state index in [0.717, 1.165) is 31.2 Å². The molecular formula is C24H36N2O5S. The normalized spacial score (nSPS) is 17.9. The summed E-state index contributed by atoms with van der Waals surface area (Å²) in [6, 6.07) is 3.29. The van der Waals surface area contributed by atoms with E-state index in [9.17, 15) is 18.0 Å². The Kier molecular flexibility index (Phi) is 7.98. The van der Waals surface area contributed by atoms with Crippen LogP contribution in [0.15, 0.2) is 17.0 Å². The Hall–Kier alpha value is -1.93. The molecule has 0 spiro atoms. The molecule has 2 aliphatic rings. The lowest BCUT2D eigenvalue weighted by atomic mass is 10.0. The summed E-state index contributed by atoms with van der Waals surface area (Å²) in [6.07, 6.45) is 3.97. The van der Waals surface area contributed by atoms with Crippen LogP contribution >= 0.6 is 0 Å². The molecule has 0 unspecified atom stereocenters. The Morgan fingerprint density at radius 1 is 1.12 bits per heavy atom. The van der Waals surface area contributed by atoms with Crippen LogP contribution in [-0.4, -0.2) is 62.3 Å². The number of sulfonamides is 1. The van der Waals surface area contributed by atoms with Crippen LogP contribution in [0.25, 0.3) is 0 Å². The number of rotatable bonds is 9. The predicted molar refractivity (Wildman–Crippen MR) is 123 cm³/mol. The molecule has 1 aromatic rings. The number of hydrogen-bond acceptors (Lipinski definition) is 5. The Morgan fingerprint density at radius 2 is 1.78 bits per heavy atom. The van der Waals surface area contributed by atoms with Crippen molar-refractivity contribution in [1.29, 1.82) is 0 Å². The van der Waals surface area contributed by atoms with E-state index in [2.05, 4.69) is 6.92 Å². The second-order valence-corrected chi connectivity index (χ2v) is 11.2. The van der Waals surface area contributed by atoms with Gasteiger partial charge in [0.1, 0.15) is 0 Å². The molecule has 1 amide bonds.